The van der Waals surface area contributed by atoms with Crippen molar-refractivity contribution in [3.05, 3.63) is 28.2 Å². The summed E-state index contributed by atoms with van der Waals surface area (Å²) < 4.78 is 0.949. The lowest BCUT2D eigenvalue weighted by molar-refractivity contribution is -0.118. The quantitative estimate of drug-likeness (QED) is 0.864. The van der Waals surface area contributed by atoms with Gasteiger partial charge in [0.05, 0.1) is 5.54 Å². The van der Waals surface area contributed by atoms with Gasteiger partial charge in [-0.2, -0.15) is 0 Å². The van der Waals surface area contributed by atoms with Crippen molar-refractivity contribution < 1.29 is 4.79 Å². The number of halogens is 1. The van der Waals surface area contributed by atoms with Crippen molar-refractivity contribution in [1.82, 2.24) is 0 Å². The molecule has 0 radical (unpaired) electrons. The molecule has 0 unspecified atom stereocenters. The third-order valence-corrected chi connectivity index (χ3v) is 3.18. The first-order valence-corrected chi connectivity index (χ1v) is 5.67. The SMILES string of the molecule is Cc1ccc(Br)cc1NC(=O)C1(N)CC1. The Bertz CT molecular complexity index is 413. The van der Waals surface area contributed by atoms with Crippen LogP contribution >= 0.6 is 15.9 Å². The van der Waals surface area contributed by atoms with Crippen LogP contribution in [-0.4, -0.2) is 11.4 Å². The lowest BCUT2D eigenvalue weighted by Crippen LogP contribution is -2.37. The summed E-state index contributed by atoms with van der Waals surface area (Å²) in [6.45, 7) is 1.96. The maximum Gasteiger partial charge on any atom is 0.244 e. The van der Waals surface area contributed by atoms with E-state index in [-0.39, 0.29) is 5.91 Å². The molecular weight excluding hydrogens is 256 g/mol. The Hall–Kier alpha value is -0.870. The van der Waals surface area contributed by atoms with Crippen LogP contribution in [0.15, 0.2) is 22.7 Å². The van der Waals surface area contributed by atoms with E-state index in [1.807, 2.05) is 25.1 Å². The molecule has 0 spiro atoms. The zero-order chi connectivity index (χ0) is 11.1. The standard InChI is InChI=1S/C11H13BrN2O/c1-7-2-3-8(12)6-9(7)14-10(15)11(13)4-5-11/h2-3,6H,4-5,13H2,1H3,(H,14,15). The molecule has 0 aromatic heterocycles. The van der Waals surface area contributed by atoms with Gasteiger partial charge in [-0.05, 0) is 37.5 Å². The first-order valence-electron chi connectivity index (χ1n) is 4.88. The number of amides is 1. The monoisotopic (exact) mass is 268 g/mol. The Morgan fingerprint density at radius 2 is 2.20 bits per heavy atom. The van der Waals surface area contributed by atoms with Crippen LogP contribution in [0.2, 0.25) is 0 Å². The number of hydrogen-bond acceptors (Lipinski definition) is 2. The Morgan fingerprint density at radius 3 is 2.80 bits per heavy atom. The summed E-state index contributed by atoms with van der Waals surface area (Å²) in [6, 6.07) is 5.79. The van der Waals surface area contributed by atoms with Crippen molar-refractivity contribution in [1.29, 1.82) is 0 Å². The second-order valence-electron chi connectivity index (χ2n) is 4.07. The summed E-state index contributed by atoms with van der Waals surface area (Å²) in [5.41, 5.74) is 7.05. The van der Waals surface area contributed by atoms with E-state index >= 15 is 0 Å². The van der Waals surface area contributed by atoms with Gasteiger partial charge in [0, 0.05) is 10.2 Å². The van der Waals surface area contributed by atoms with Crippen LogP contribution in [0.25, 0.3) is 0 Å². The van der Waals surface area contributed by atoms with Crippen LogP contribution in [0.3, 0.4) is 0 Å². The second kappa shape index (κ2) is 3.61. The van der Waals surface area contributed by atoms with E-state index in [1.54, 1.807) is 0 Å². The van der Waals surface area contributed by atoms with Gasteiger partial charge in [-0.3, -0.25) is 4.79 Å². The Balaban J connectivity index is 2.16. The second-order valence-corrected chi connectivity index (χ2v) is 4.99. The highest BCUT2D eigenvalue weighted by Gasteiger charge is 2.45. The van der Waals surface area contributed by atoms with E-state index in [4.69, 9.17) is 5.73 Å². The average Bonchev–Trinajstić information content (AvgIpc) is 2.91. The highest BCUT2D eigenvalue weighted by Crippen LogP contribution is 2.34. The van der Waals surface area contributed by atoms with Gasteiger partial charge in [0.2, 0.25) is 5.91 Å². The average molecular weight is 269 g/mol. The predicted octanol–water partition coefficient (Wildman–Crippen LogP) is 2.19. The molecule has 15 heavy (non-hydrogen) atoms. The number of aryl methyl sites for hydroxylation is 1. The largest absolute Gasteiger partial charge is 0.324 e. The van der Waals surface area contributed by atoms with Crippen molar-refractivity contribution >= 4 is 27.5 Å². The number of rotatable bonds is 2. The summed E-state index contributed by atoms with van der Waals surface area (Å²) in [7, 11) is 0. The fourth-order valence-corrected chi connectivity index (χ4v) is 1.70. The van der Waals surface area contributed by atoms with E-state index in [2.05, 4.69) is 21.2 Å². The summed E-state index contributed by atoms with van der Waals surface area (Å²) in [4.78, 5) is 11.7. The molecule has 1 aliphatic rings. The van der Waals surface area contributed by atoms with Gasteiger partial charge in [0.1, 0.15) is 0 Å². The maximum absolute atomic E-state index is 11.7. The Labute approximate surface area is 97.2 Å². The van der Waals surface area contributed by atoms with E-state index < -0.39 is 5.54 Å². The van der Waals surface area contributed by atoms with E-state index in [0.29, 0.717) is 0 Å². The molecule has 80 valence electrons. The lowest BCUT2D eigenvalue weighted by atomic mass is 10.2. The molecule has 1 aliphatic carbocycles. The highest BCUT2D eigenvalue weighted by atomic mass is 79.9. The first-order chi connectivity index (χ1) is 7.01. The predicted molar refractivity (Wildman–Crippen MR) is 63.7 cm³/mol. The zero-order valence-electron chi connectivity index (χ0n) is 8.51. The molecule has 0 saturated heterocycles. The van der Waals surface area contributed by atoms with Crippen molar-refractivity contribution in [2.75, 3.05) is 5.32 Å². The van der Waals surface area contributed by atoms with Crippen molar-refractivity contribution in [2.45, 2.75) is 25.3 Å². The van der Waals surface area contributed by atoms with Crippen LogP contribution < -0.4 is 11.1 Å². The van der Waals surface area contributed by atoms with Crippen LogP contribution in [0, 0.1) is 6.92 Å². The van der Waals surface area contributed by atoms with Crippen molar-refractivity contribution in [2.24, 2.45) is 5.73 Å². The summed E-state index contributed by atoms with van der Waals surface area (Å²) in [6.07, 6.45) is 1.57. The molecule has 0 heterocycles. The third-order valence-electron chi connectivity index (χ3n) is 2.69. The third kappa shape index (κ3) is 2.21. The van der Waals surface area contributed by atoms with Gasteiger partial charge in [-0.25, -0.2) is 0 Å². The molecule has 3 N–H and O–H groups in total. The first kappa shape index (κ1) is 10.6. The number of carbonyl (C=O) groups is 1. The van der Waals surface area contributed by atoms with Gasteiger partial charge in [0.25, 0.3) is 0 Å². The molecule has 0 aliphatic heterocycles. The number of carbonyl (C=O) groups excluding carboxylic acids is 1. The van der Waals surface area contributed by atoms with Crippen LogP contribution in [-0.2, 0) is 4.79 Å². The molecule has 3 nitrogen and oxygen atoms in total. The molecule has 1 saturated carbocycles. The molecule has 1 amide bonds. The minimum atomic E-state index is -0.616. The van der Waals surface area contributed by atoms with Gasteiger partial charge in [-0.1, -0.05) is 22.0 Å². The van der Waals surface area contributed by atoms with Gasteiger partial charge in [0.15, 0.2) is 0 Å². The van der Waals surface area contributed by atoms with E-state index in [0.717, 1.165) is 28.6 Å². The topological polar surface area (TPSA) is 55.1 Å². The normalized spacial score (nSPS) is 17.3. The number of nitrogens with one attached hydrogen (secondary N) is 1. The maximum atomic E-state index is 11.7. The fourth-order valence-electron chi connectivity index (χ4n) is 1.34. The Kier molecular flexibility index (Phi) is 2.56. The van der Waals surface area contributed by atoms with E-state index in [1.165, 1.54) is 0 Å². The molecular formula is C11H13BrN2O. The molecule has 1 aromatic rings. The molecule has 1 aromatic carbocycles. The van der Waals surface area contributed by atoms with Crippen molar-refractivity contribution in [3.8, 4) is 0 Å². The summed E-state index contributed by atoms with van der Waals surface area (Å²) in [5, 5.41) is 2.86. The zero-order valence-corrected chi connectivity index (χ0v) is 10.1. The highest BCUT2D eigenvalue weighted by molar-refractivity contribution is 9.10. The fraction of sp³-hybridized carbons (Fsp3) is 0.364. The number of anilines is 1. The molecule has 1 fully saturated rings. The molecule has 0 bridgehead atoms. The van der Waals surface area contributed by atoms with Gasteiger partial charge < -0.3 is 11.1 Å². The van der Waals surface area contributed by atoms with Crippen LogP contribution in [0.1, 0.15) is 18.4 Å². The minimum absolute atomic E-state index is 0.0799. The lowest BCUT2D eigenvalue weighted by Gasteiger charge is -2.12. The smallest absolute Gasteiger partial charge is 0.244 e. The van der Waals surface area contributed by atoms with Crippen molar-refractivity contribution in [3.63, 3.8) is 0 Å². The van der Waals surface area contributed by atoms with Crippen LogP contribution in [0.4, 0.5) is 5.69 Å². The molecule has 2 rings (SSSR count). The molecule has 4 heteroatoms. The number of hydrogen-bond donors (Lipinski definition) is 2. The van der Waals surface area contributed by atoms with Gasteiger partial charge in [-0.15, -0.1) is 0 Å². The minimum Gasteiger partial charge on any atom is -0.324 e. The van der Waals surface area contributed by atoms with Gasteiger partial charge >= 0.3 is 0 Å². The Morgan fingerprint density at radius 1 is 1.53 bits per heavy atom. The summed E-state index contributed by atoms with van der Waals surface area (Å²) >= 11 is 3.37. The summed E-state index contributed by atoms with van der Waals surface area (Å²) in [5.74, 6) is -0.0799. The molecule has 0 atom stereocenters. The number of benzene rings is 1. The number of nitrogens with two attached hydrogens (primary N) is 1. The van der Waals surface area contributed by atoms with E-state index in [9.17, 15) is 4.79 Å². The van der Waals surface area contributed by atoms with Crippen LogP contribution in [0.5, 0.6) is 0 Å².